The Labute approximate surface area is 111 Å². The minimum absolute atomic E-state index is 0.637. The second-order valence-corrected chi connectivity index (χ2v) is 4.93. The van der Waals surface area contributed by atoms with Crippen molar-refractivity contribution in [3.63, 3.8) is 0 Å². The molecule has 0 radical (unpaired) electrons. The monoisotopic (exact) mass is 257 g/mol. The summed E-state index contributed by atoms with van der Waals surface area (Å²) in [5.74, 6) is 0. The lowest BCUT2D eigenvalue weighted by Gasteiger charge is -2.05. The number of aryl methyl sites for hydroxylation is 2. The minimum Gasteiger partial charge on any atom is -0.345 e. The van der Waals surface area contributed by atoms with E-state index in [0.717, 1.165) is 29.2 Å². The molecule has 0 atom stereocenters. The number of nitriles is 1. The molecule has 2 aromatic rings. The van der Waals surface area contributed by atoms with Crippen LogP contribution in [-0.4, -0.2) is 4.37 Å². The fourth-order valence-electron chi connectivity index (χ4n) is 1.76. The van der Waals surface area contributed by atoms with Crippen molar-refractivity contribution in [1.29, 1.82) is 5.26 Å². The Kier molecular flexibility index (Phi) is 3.96. The Morgan fingerprint density at radius 3 is 2.67 bits per heavy atom. The van der Waals surface area contributed by atoms with Gasteiger partial charge >= 0.3 is 0 Å². The maximum atomic E-state index is 9.06. The molecule has 92 valence electrons. The first kappa shape index (κ1) is 12.6. The number of benzene rings is 1. The maximum Gasteiger partial charge on any atom is 0.132 e. The summed E-state index contributed by atoms with van der Waals surface area (Å²) in [5.41, 5.74) is 3.75. The molecule has 1 aromatic carbocycles. The van der Waals surface area contributed by atoms with E-state index in [9.17, 15) is 0 Å². The predicted octanol–water partition coefficient (Wildman–Crippen LogP) is 4.02. The Hall–Kier alpha value is -1.86. The van der Waals surface area contributed by atoms with Gasteiger partial charge in [0.15, 0.2) is 0 Å². The predicted molar refractivity (Wildman–Crippen MR) is 75.3 cm³/mol. The van der Waals surface area contributed by atoms with Gasteiger partial charge in [-0.1, -0.05) is 25.5 Å². The summed E-state index contributed by atoms with van der Waals surface area (Å²) in [7, 11) is 0. The average Bonchev–Trinajstić information content (AvgIpc) is 2.72. The standard InChI is InChI=1S/C14H15N3S/c1-3-4-11-5-7-12(8-6-11)16-14-13(9-15)10(2)17-18-14/h5-8,16H,3-4H2,1-2H3. The third-order valence-electron chi connectivity index (χ3n) is 2.73. The van der Waals surface area contributed by atoms with Crippen molar-refractivity contribution in [3.8, 4) is 6.07 Å². The van der Waals surface area contributed by atoms with E-state index < -0.39 is 0 Å². The fraction of sp³-hybridized carbons (Fsp3) is 0.286. The van der Waals surface area contributed by atoms with Crippen molar-refractivity contribution in [2.24, 2.45) is 0 Å². The molecule has 18 heavy (non-hydrogen) atoms. The van der Waals surface area contributed by atoms with E-state index in [4.69, 9.17) is 5.26 Å². The minimum atomic E-state index is 0.637. The van der Waals surface area contributed by atoms with Crippen molar-refractivity contribution < 1.29 is 0 Å². The Morgan fingerprint density at radius 1 is 1.33 bits per heavy atom. The van der Waals surface area contributed by atoms with Crippen LogP contribution in [0, 0.1) is 18.3 Å². The number of hydrogen-bond donors (Lipinski definition) is 1. The van der Waals surface area contributed by atoms with Crippen LogP contribution in [0.25, 0.3) is 0 Å². The van der Waals surface area contributed by atoms with Gasteiger partial charge in [0.25, 0.3) is 0 Å². The second-order valence-electron chi connectivity index (χ2n) is 4.16. The summed E-state index contributed by atoms with van der Waals surface area (Å²) >= 11 is 1.33. The zero-order chi connectivity index (χ0) is 13.0. The fourth-order valence-corrected chi connectivity index (χ4v) is 2.53. The van der Waals surface area contributed by atoms with Crippen LogP contribution in [0.15, 0.2) is 24.3 Å². The van der Waals surface area contributed by atoms with Gasteiger partial charge < -0.3 is 5.32 Å². The molecule has 0 aliphatic rings. The number of nitrogens with zero attached hydrogens (tertiary/aromatic N) is 2. The number of rotatable bonds is 4. The molecule has 4 heteroatoms. The highest BCUT2D eigenvalue weighted by Gasteiger charge is 2.09. The molecule has 0 saturated carbocycles. The summed E-state index contributed by atoms with van der Waals surface area (Å²) < 4.78 is 4.19. The van der Waals surface area contributed by atoms with Crippen LogP contribution in [0.1, 0.15) is 30.2 Å². The Morgan fingerprint density at radius 2 is 2.06 bits per heavy atom. The topological polar surface area (TPSA) is 48.7 Å². The smallest absolute Gasteiger partial charge is 0.132 e. The van der Waals surface area contributed by atoms with Gasteiger partial charge in [0, 0.05) is 5.69 Å². The molecule has 0 spiro atoms. The van der Waals surface area contributed by atoms with Gasteiger partial charge in [0.1, 0.15) is 16.6 Å². The van der Waals surface area contributed by atoms with Gasteiger partial charge in [-0.2, -0.15) is 9.64 Å². The first-order chi connectivity index (χ1) is 8.74. The lowest BCUT2D eigenvalue weighted by Crippen LogP contribution is -1.91. The van der Waals surface area contributed by atoms with Crippen LogP contribution in [-0.2, 0) is 6.42 Å². The molecule has 0 amide bonds. The van der Waals surface area contributed by atoms with Crippen molar-refractivity contribution in [3.05, 3.63) is 41.1 Å². The van der Waals surface area contributed by atoms with Crippen molar-refractivity contribution >= 4 is 22.2 Å². The van der Waals surface area contributed by atoms with Gasteiger partial charge in [-0.25, -0.2) is 0 Å². The van der Waals surface area contributed by atoms with Crippen LogP contribution in [0.3, 0.4) is 0 Å². The molecule has 0 aliphatic heterocycles. The number of nitrogens with one attached hydrogen (secondary N) is 1. The van der Waals surface area contributed by atoms with Gasteiger partial charge in [-0.3, -0.25) is 0 Å². The van der Waals surface area contributed by atoms with E-state index in [2.05, 4.69) is 34.8 Å². The quantitative estimate of drug-likeness (QED) is 0.900. The van der Waals surface area contributed by atoms with E-state index in [0.29, 0.717) is 5.56 Å². The Balaban J connectivity index is 2.16. The molecule has 1 heterocycles. The lowest BCUT2D eigenvalue weighted by atomic mass is 10.1. The molecule has 3 nitrogen and oxygen atoms in total. The molecule has 2 rings (SSSR count). The summed E-state index contributed by atoms with van der Waals surface area (Å²) in [6.45, 7) is 4.02. The van der Waals surface area contributed by atoms with E-state index >= 15 is 0 Å². The molecule has 1 aromatic heterocycles. The van der Waals surface area contributed by atoms with E-state index in [1.54, 1.807) is 0 Å². The lowest BCUT2D eigenvalue weighted by molar-refractivity contribution is 0.922. The number of aromatic nitrogens is 1. The van der Waals surface area contributed by atoms with E-state index in [1.165, 1.54) is 17.1 Å². The van der Waals surface area contributed by atoms with Gasteiger partial charge in [0.2, 0.25) is 0 Å². The normalized spacial score (nSPS) is 10.1. The van der Waals surface area contributed by atoms with E-state index in [1.807, 2.05) is 19.1 Å². The molecular weight excluding hydrogens is 242 g/mol. The van der Waals surface area contributed by atoms with Crippen LogP contribution in [0.4, 0.5) is 10.7 Å². The molecule has 0 unspecified atom stereocenters. The summed E-state index contributed by atoms with van der Waals surface area (Å²) in [5, 5.41) is 13.1. The molecule has 0 fully saturated rings. The number of hydrogen-bond acceptors (Lipinski definition) is 4. The largest absolute Gasteiger partial charge is 0.345 e. The van der Waals surface area contributed by atoms with Crippen LogP contribution < -0.4 is 5.32 Å². The van der Waals surface area contributed by atoms with Gasteiger partial charge in [-0.15, -0.1) is 0 Å². The Bertz CT molecular complexity index is 564. The third-order valence-corrected chi connectivity index (χ3v) is 3.58. The van der Waals surface area contributed by atoms with Gasteiger partial charge in [0.05, 0.1) is 5.69 Å². The van der Waals surface area contributed by atoms with Crippen molar-refractivity contribution in [2.45, 2.75) is 26.7 Å². The highest BCUT2D eigenvalue weighted by atomic mass is 32.1. The highest BCUT2D eigenvalue weighted by Crippen LogP contribution is 2.27. The summed E-state index contributed by atoms with van der Waals surface area (Å²) in [4.78, 5) is 0. The zero-order valence-corrected chi connectivity index (χ0v) is 11.3. The highest BCUT2D eigenvalue weighted by molar-refractivity contribution is 7.10. The van der Waals surface area contributed by atoms with Crippen LogP contribution >= 0.6 is 11.5 Å². The zero-order valence-electron chi connectivity index (χ0n) is 10.5. The van der Waals surface area contributed by atoms with Crippen molar-refractivity contribution in [2.75, 3.05) is 5.32 Å². The number of anilines is 2. The molecule has 0 saturated heterocycles. The molecule has 0 bridgehead atoms. The first-order valence-corrected chi connectivity index (χ1v) is 6.74. The summed E-state index contributed by atoms with van der Waals surface area (Å²) in [6.07, 6.45) is 2.25. The van der Waals surface area contributed by atoms with Crippen LogP contribution in [0.2, 0.25) is 0 Å². The maximum absolute atomic E-state index is 9.06. The SMILES string of the molecule is CCCc1ccc(Nc2snc(C)c2C#N)cc1. The second kappa shape index (κ2) is 5.65. The average molecular weight is 257 g/mol. The van der Waals surface area contributed by atoms with Gasteiger partial charge in [-0.05, 0) is 42.6 Å². The summed E-state index contributed by atoms with van der Waals surface area (Å²) in [6, 6.07) is 10.5. The van der Waals surface area contributed by atoms with E-state index in [-0.39, 0.29) is 0 Å². The van der Waals surface area contributed by atoms with Crippen molar-refractivity contribution in [1.82, 2.24) is 4.37 Å². The molecular formula is C14H15N3S. The van der Waals surface area contributed by atoms with Crippen LogP contribution in [0.5, 0.6) is 0 Å². The first-order valence-electron chi connectivity index (χ1n) is 5.97. The molecule has 1 N–H and O–H groups in total. The molecule has 0 aliphatic carbocycles. The third kappa shape index (κ3) is 2.69.